The second kappa shape index (κ2) is 19.4. The minimum atomic E-state index is -0.780. The number of hydrogen-bond acceptors (Lipinski definition) is 2. The van der Waals surface area contributed by atoms with Gasteiger partial charge in [-0.1, -0.05) is 108 Å². The van der Waals surface area contributed by atoms with Gasteiger partial charge in [-0.25, -0.2) is 0 Å². The fourth-order valence-electron chi connectivity index (χ4n) is 2.78. The summed E-state index contributed by atoms with van der Waals surface area (Å²) in [7, 11) is 0. The molecule has 164 valence electrons. The van der Waals surface area contributed by atoms with Gasteiger partial charge in [0.15, 0.2) is 0 Å². The van der Waals surface area contributed by atoms with Crippen LogP contribution in [-0.2, 0) is 4.79 Å². The first-order valence-corrected chi connectivity index (χ1v) is 11.4. The second-order valence-corrected chi connectivity index (χ2v) is 7.54. The molecule has 3 nitrogen and oxygen atoms in total. The zero-order valence-electron chi connectivity index (χ0n) is 18.9. The van der Waals surface area contributed by atoms with Crippen molar-refractivity contribution in [3.8, 4) is 0 Å². The predicted molar refractivity (Wildman–Crippen MR) is 127 cm³/mol. The van der Waals surface area contributed by atoms with E-state index in [1.165, 1.54) is 12.5 Å². The molecule has 2 N–H and O–H groups in total. The highest BCUT2D eigenvalue weighted by Gasteiger charge is 2.25. The summed E-state index contributed by atoms with van der Waals surface area (Å²) in [6.45, 7) is 6.73. The maximum atomic E-state index is 12.0. The SMILES string of the molecule is CCCC=CC=CC=CCCC=CC=CC(=O)NCC(O)(CCCC)CCCC. The minimum Gasteiger partial charge on any atom is -0.388 e. The molecule has 0 rings (SSSR count). The maximum absolute atomic E-state index is 12.0. The van der Waals surface area contributed by atoms with Crippen molar-refractivity contribution in [2.75, 3.05) is 6.54 Å². The lowest BCUT2D eigenvalue weighted by Gasteiger charge is -2.28. The van der Waals surface area contributed by atoms with E-state index in [9.17, 15) is 9.90 Å². The molecule has 0 saturated carbocycles. The van der Waals surface area contributed by atoms with Gasteiger partial charge >= 0.3 is 0 Å². The van der Waals surface area contributed by atoms with Crippen molar-refractivity contribution in [1.29, 1.82) is 0 Å². The molecule has 0 aromatic carbocycles. The zero-order valence-corrected chi connectivity index (χ0v) is 18.9. The van der Waals surface area contributed by atoms with E-state index in [0.29, 0.717) is 6.54 Å². The van der Waals surface area contributed by atoms with Crippen LogP contribution in [0.3, 0.4) is 0 Å². The number of hydrogen-bond donors (Lipinski definition) is 2. The van der Waals surface area contributed by atoms with Crippen molar-refractivity contribution >= 4 is 5.91 Å². The molecule has 0 aliphatic heterocycles. The van der Waals surface area contributed by atoms with E-state index < -0.39 is 5.60 Å². The Morgan fingerprint density at radius 3 is 1.79 bits per heavy atom. The van der Waals surface area contributed by atoms with Crippen LogP contribution in [0.25, 0.3) is 0 Å². The highest BCUT2D eigenvalue weighted by atomic mass is 16.3. The summed E-state index contributed by atoms with van der Waals surface area (Å²) in [5, 5.41) is 13.6. The molecule has 1 amide bonds. The number of amides is 1. The van der Waals surface area contributed by atoms with E-state index in [-0.39, 0.29) is 5.91 Å². The molecule has 0 atom stereocenters. The van der Waals surface area contributed by atoms with Gasteiger partial charge in [-0.05, 0) is 32.1 Å². The van der Waals surface area contributed by atoms with Gasteiger partial charge in [0.05, 0.1) is 5.60 Å². The molecule has 0 aliphatic carbocycles. The topological polar surface area (TPSA) is 49.3 Å². The van der Waals surface area contributed by atoms with E-state index in [1.54, 1.807) is 6.08 Å². The number of aliphatic hydroxyl groups is 1. The van der Waals surface area contributed by atoms with Crippen molar-refractivity contribution in [2.24, 2.45) is 0 Å². The number of rotatable bonds is 17. The molecular formula is C26H43NO2. The fraction of sp³-hybridized carbons (Fsp3) is 0.577. The standard InChI is InChI=1S/C26H43NO2/c1-4-7-10-11-12-13-14-15-16-17-18-19-20-21-25(28)27-24-26(29,22-8-5-2)23-9-6-3/h10-15,18-21,29H,4-9,16-17,22-24H2,1-3H3,(H,27,28). The Hall–Kier alpha value is -1.87. The van der Waals surface area contributed by atoms with Crippen molar-refractivity contribution in [3.05, 3.63) is 60.8 Å². The molecule has 0 aliphatic rings. The van der Waals surface area contributed by atoms with Crippen molar-refractivity contribution in [1.82, 2.24) is 5.32 Å². The normalized spacial score (nSPS) is 13.1. The van der Waals surface area contributed by atoms with Crippen LogP contribution >= 0.6 is 0 Å². The largest absolute Gasteiger partial charge is 0.388 e. The van der Waals surface area contributed by atoms with Crippen LogP contribution in [0.15, 0.2) is 60.8 Å². The molecule has 0 fully saturated rings. The average molecular weight is 402 g/mol. The summed E-state index contributed by atoms with van der Waals surface area (Å²) in [5.74, 6) is -0.151. The first-order valence-electron chi connectivity index (χ1n) is 11.4. The Labute approximate surface area is 179 Å². The predicted octanol–water partition coefficient (Wildman–Crippen LogP) is 6.58. The molecule has 29 heavy (non-hydrogen) atoms. The highest BCUT2D eigenvalue weighted by Crippen LogP contribution is 2.20. The van der Waals surface area contributed by atoms with Gasteiger partial charge in [0.1, 0.15) is 0 Å². The first kappa shape index (κ1) is 27.1. The summed E-state index contributed by atoms with van der Waals surface area (Å²) in [4.78, 5) is 12.0. The third kappa shape index (κ3) is 17.9. The summed E-state index contributed by atoms with van der Waals surface area (Å²) in [5.41, 5.74) is -0.780. The second-order valence-electron chi connectivity index (χ2n) is 7.54. The Morgan fingerprint density at radius 1 is 0.759 bits per heavy atom. The molecule has 0 unspecified atom stereocenters. The summed E-state index contributed by atoms with van der Waals surface area (Å²) < 4.78 is 0. The van der Waals surface area contributed by atoms with Gasteiger partial charge in [-0.15, -0.1) is 0 Å². The molecule has 0 aromatic rings. The lowest BCUT2D eigenvalue weighted by atomic mass is 9.91. The van der Waals surface area contributed by atoms with Crippen LogP contribution in [0, 0.1) is 0 Å². The molecule has 0 heterocycles. The van der Waals surface area contributed by atoms with E-state index in [1.807, 2.05) is 12.2 Å². The molecular weight excluding hydrogens is 358 g/mol. The van der Waals surface area contributed by atoms with E-state index in [2.05, 4.69) is 62.5 Å². The smallest absolute Gasteiger partial charge is 0.244 e. The number of nitrogens with one attached hydrogen (secondary N) is 1. The molecule has 0 aromatic heterocycles. The first-order chi connectivity index (χ1) is 14.1. The Kier molecular flexibility index (Phi) is 18.2. The fourth-order valence-corrected chi connectivity index (χ4v) is 2.78. The zero-order chi connectivity index (χ0) is 21.6. The van der Waals surface area contributed by atoms with E-state index in [4.69, 9.17) is 0 Å². The van der Waals surface area contributed by atoms with Gasteiger partial charge in [0.2, 0.25) is 5.91 Å². The molecule has 0 radical (unpaired) electrons. The van der Waals surface area contributed by atoms with E-state index in [0.717, 1.165) is 57.8 Å². The molecule has 0 saturated heterocycles. The summed E-state index contributed by atoms with van der Waals surface area (Å²) in [6, 6.07) is 0. The van der Waals surface area contributed by atoms with Crippen molar-refractivity contribution in [3.63, 3.8) is 0 Å². The third-order valence-electron chi connectivity index (χ3n) is 4.64. The number of carbonyl (C=O) groups excluding carboxylic acids is 1. The van der Waals surface area contributed by atoms with Gasteiger partial charge in [-0.3, -0.25) is 4.79 Å². The van der Waals surface area contributed by atoms with Crippen LogP contribution in [-0.4, -0.2) is 23.2 Å². The minimum absolute atomic E-state index is 0.151. The third-order valence-corrected chi connectivity index (χ3v) is 4.64. The Morgan fingerprint density at radius 2 is 1.28 bits per heavy atom. The number of carbonyl (C=O) groups is 1. The van der Waals surface area contributed by atoms with Crippen molar-refractivity contribution in [2.45, 2.75) is 90.6 Å². The lowest BCUT2D eigenvalue weighted by Crippen LogP contribution is -2.42. The number of allylic oxidation sites excluding steroid dienone is 9. The van der Waals surface area contributed by atoms with Gasteiger partial charge in [-0.2, -0.15) is 0 Å². The monoisotopic (exact) mass is 401 g/mol. The number of unbranched alkanes of at least 4 members (excludes halogenated alkanes) is 4. The quantitative estimate of drug-likeness (QED) is 0.164. The average Bonchev–Trinajstić information content (AvgIpc) is 2.73. The van der Waals surface area contributed by atoms with Crippen LogP contribution in [0.2, 0.25) is 0 Å². The molecule has 0 spiro atoms. The Bertz CT molecular complexity index is 533. The van der Waals surface area contributed by atoms with Crippen LogP contribution < -0.4 is 5.32 Å². The maximum Gasteiger partial charge on any atom is 0.244 e. The van der Waals surface area contributed by atoms with Crippen LogP contribution in [0.1, 0.15) is 85.0 Å². The van der Waals surface area contributed by atoms with Crippen LogP contribution in [0.4, 0.5) is 0 Å². The van der Waals surface area contributed by atoms with Crippen molar-refractivity contribution < 1.29 is 9.90 Å². The summed E-state index contributed by atoms with van der Waals surface area (Å²) in [6.07, 6.45) is 29.6. The van der Waals surface area contributed by atoms with Gasteiger partial charge in [0.25, 0.3) is 0 Å². The Balaban J connectivity index is 4.08. The van der Waals surface area contributed by atoms with Gasteiger partial charge in [0, 0.05) is 12.6 Å². The highest BCUT2D eigenvalue weighted by molar-refractivity contribution is 5.87. The molecule has 3 heteroatoms. The lowest BCUT2D eigenvalue weighted by molar-refractivity contribution is -0.118. The van der Waals surface area contributed by atoms with Crippen LogP contribution in [0.5, 0.6) is 0 Å². The summed E-state index contributed by atoms with van der Waals surface area (Å²) >= 11 is 0. The molecule has 0 bridgehead atoms. The van der Waals surface area contributed by atoms with E-state index >= 15 is 0 Å². The van der Waals surface area contributed by atoms with Gasteiger partial charge < -0.3 is 10.4 Å².